The van der Waals surface area contributed by atoms with E-state index in [2.05, 4.69) is 44.2 Å². The van der Waals surface area contributed by atoms with Gasteiger partial charge in [-0.2, -0.15) is 0 Å². The average Bonchev–Trinajstić information content (AvgIpc) is 3.02. The number of hydrogen-bond acceptors (Lipinski definition) is 2. The van der Waals surface area contributed by atoms with E-state index in [1.807, 2.05) is 48.6 Å². The lowest BCUT2D eigenvalue weighted by Crippen LogP contribution is -1.97. The zero-order valence-electron chi connectivity index (χ0n) is 14.9. The molecule has 0 amide bonds. The SMILES string of the molecule is CC(C)c1ccc(/C=C2\C=C(c3ccc4ccccc4c3)OC2=O)cc1. The van der Waals surface area contributed by atoms with Gasteiger partial charge in [-0.3, -0.25) is 0 Å². The van der Waals surface area contributed by atoms with Crippen molar-refractivity contribution in [3.63, 3.8) is 0 Å². The van der Waals surface area contributed by atoms with Crippen molar-refractivity contribution in [3.8, 4) is 0 Å². The summed E-state index contributed by atoms with van der Waals surface area (Å²) in [7, 11) is 0. The minimum absolute atomic E-state index is 0.305. The molecule has 0 aliphatic carbocycles. The topological polar surface area (TPSA) is 26.3 Å². The van der Waals surface area contributed by atoms with Gasteiger partial charge in [0.15, 0.2) is 0 Å². The van der Waals surface area contributed by atoms with Crippen molar-refractivity contribution in [1.29, 1.82) is 0 Å². The van der Waals surface area contributed by atoms with Crippen LogP contribution < -0.4 is 0 Å². The van der Waals surface area contributed by atoms with Crippen LogP contribution in [0.15, 0.2) is 78.4 Å². The zero-order valence-corrected chi connectivity index (χ0v) is 14.9. The summed E-state index contributed by atoms with van der Waals surface area (Å²) >= 11 is 0. The first kappa shape index (κ1) is 16.3. The Balaban J connectivity index is 1.65. The predicted molar refractivity (Wildman–Crippen MR) is 107 cm³/mol. The van der Waals surface area contributed by atoms with Gasteiger partial charge < -0.3 is 4.74 Å². The number of carbonyl (C=O) groups is 1. The molecule has 1 aliphatic rings. The van der Waals surface area contributed by atoms with Gasteiger partial charge >= 0.3 is 5.97 Å². The normalized spacial score (nSPS) is 15.6. The second kappa shape index (κ2) is 6.64. The fourth-order valence-corrected chi connectivity index (χ4v) is 3.13. The molecule has 0 atom stereocenters. The fourth-order valence-electron chi connectivity index (χ4n) is 3.13. The number of cyclic esters (lactones) is 1. The quantitative estimate of drug-likeness (QED) is 0.435. The van der Waals surface area contributed by atoms with Gasteiger partial charge in [0, 0.05) is 5.56 Å². The van der Waals surface area contributed by atoms with Crippen molar-refractivity contribution in [2.45, 2.75) is 19.8 Å². The molecule has 2 nitrogen and oxygen atoms in total. The standard InChI is InChI=1S/C24H20O2/c1-16(2)18-9-7-17(8-10-18)13-22-15-23(26-24(22)25)21-12-11-19-5-3-4-6-20(19)14-21/h3-16H,1-2H3/b22-13+. The third kappa shape index (κ3) is 3.18. The van der Waals surface area contributed by atoms with E-state index in [1.165, 1.54) is 10.9 Å². The highest BCUT2D eigenvalue weighted by atomic mass is 16.5. The maximum absolute atomic E-state index is 12.3. The molecular weight excluding hydrogens is 320 g/mol. The number of ether oxygens (including phenoxy) is 1. The van der Waals surface area contributed by atoms with E-state index in [-0.39, 0.29) is 5.97 Å². The molecule has 0 radical (unpaired) electrons. The first-order valence-electron chi connectivity index (χ1n) is 8.85. The molecule has 4 rings (SSSR count). The maximum atomic E-state index is 12.3. The highest BCUT2D eigenvalue weighted by Crippen LogP contribution is 2.29. The van der Waals surface area contributed by atoms with E-state index in [9.17, 15) is 4.79 Å². The smallest absolute Gasteiger partial charge is 0.343 e. The molecule has 3 aromatic carbocycles. The summed E-state index contributed by atoms with van der Waals surface area (Å²) in [6.45, 7) is 4.33. The first-order chi connectivity index (χ1) is 12.6. The van der Waals surface area contributed by atoms with E-state index in [0.717, 1.165) is 16.5 Å². The Labute approximate surface area is 153 Å². The summed E-state index contributed by atoms with van der Waals surface area (Å²) in [4.78, 5) is 12.3. The minimum Gasteiger partial charge on any atom is -0.422 e. The second-order valence-electron chi connectivity index (χ2n) is 6.88. The van der Waals surface area contributed by atoms with Gasteiger partial charge in [0.2, 0.25) is 0 Å². The Bertz CT molecular complexity index is 1040. The van der Waals surface area contributed by atoms with Crippen molar-refractivity contribution in [2.75, 3.05) is 0 Å². The summed E-state index contributed by atoms with van der Waals surface area (Å²) in [5.41, 5.74) is 3.77. The van der Waals surface area contributed by atoms with Crippen LogP contribution >= 0.6 is 0 Å². The van der Waals surface area contributed by atoms with Crippen LogP contribution in [-0.2, 0) is 9.53 Å². The average molecular weight is 340 g/mol. The third-order valence-corrected chi connectivity index (χ3v) is 4.68. The van der Waals surface area contributed by atoms with Crippen molar-refractivity contribution >= 4 is 28.6 Å². The molecule has 0 fully saturated rings. The first-order valence-corrected chi connectivity index (χ1v) is 8.85. The summed E-state index contributed by atoms with van der Waals surface area (Å²) in [5.74, 6) is 0.791. The largest absolute Gasteiger partial charge is 0.422 e. The molecule has 0 spiro atoms. The number of rotatable bonds is 3. The molecular formula is C24H20O2. The van der Waals surface area contributed by atoms with Gasteiger partial charge in [0.1, 0.15) is 5.76 Å². The van der Waals surface area contributed by atoms with Gasteiger partial charge in [0.25, 0.3) is 0 Å². The van der Waals surface area contributed by atoms with Crippen LogP contribution in [0.1, 0.15) is 36.5 Å². The molecule has 0 bridgehead atoms. The number of fused-ring (bicyclic) bond motifs is 1. The number of carbonyl (C=O) groups excluding carboxylic acids is 1. The highest BCUT2D eigenvalue weighted by Gasteiger charge is 2.22. The number of esters is 1. The molecule has 128 valence electrons. The third-order valence-electron chi connectivity index (χ3n) is 4.68. The van der Waals surface area contributed by atoms with E-state index < -0.39 is 0 Å². The lowest BCUT2D eigenvalue weighted by atomic mass is 10.0. The van der Waals surface area contributed by atoms with Gasteiger partial charge in [-0.1, -0.05) is 74.5 Å². The molecule has 26 heavy (non-hydrogen) atoms. The molecule has 1 aliphatic heterocycles. The molecule has 1 heterocycles. The van der Waals surface area contributed by atoms with Crippen molar-refractivity contribution in [3.05, 3.63) is 95.1 Å². The van der Waals surface area contributed by atoms with Crippen molar-refractivity contribution in [1.82, 2.24) is 0 Å². The Kier molecular flexibility index (Phi) is 4.18. The Morgan fingerprint density at radius 3 is 2.35 bits per heavy atom. The molecule has 3 aromatic rings. The summed E-state index contributed by atoms with van der Waals surface area (Å²) in [6, 6.07) is 22.5. The van der Waals surface area contributed by atoms with Crippen LogP contribution in [0.2, 0.25) is 0 Å². The lowest BCUT2D eigenvalue weighted by molar-refractivity contribution is -0.130. The van der Waals surface area contributed by atoms with Crippen LogP contribution in [0.4, 0.5) is 0 Å². The van der Waals surface area contributed by atoms with Crippen LogP contribution in [0.25, 0.3) is 22.6 Å². The Hall–Kier alpha value is -3.13. The molecule has 0 unspecified atom stereocenters. The van der Waals surface area contributed by atoms with E-state index in [4.69, 9.17) is 4.74 Å². The van der Waals surface area contributed by atoms with Gasteiger partial charge in [-0.15, -0.1) is 0 Å². The summed E-state index contributed by atoms with van der Waals surface area (Å²) < 4.78 is 5.50. The molecule has 0 saturated heterocycles. The summed E-state index contributed by atoms with van der Waals surface area (Å²) in [5, 5.41) is 2.30. The van der Waals surface area contributed by atoms with Crippen LogP contribution in [0.3, 0.4) is 0 Å². The highest BCUT2D eigenvalue weighted by molar-refractivity contribution is 6.05. The van der Waals surface area contributed by atoms with Crippen molar-refractivity contribution < 1.29 is 9.53 Å². The summed E-state index contributed by atoms with van der Waals surface area (Å²) in [6.07, 6.45) is 3.70. The fraction of sp³-hybridized carbons (Fsp3) is 0.125. The lowest BCUT2D eigenvalue weighted by Gasteiger charge is -2.04. The maximum Gasteiger partial charge on any atom is 0.343 e. The molecule has 0 aromatic heterocycles. The van der Waals surface area contributed by atoms with Gasteiger partial charge in [-0.25, -0.2) is 4.79 Å². The van der Waals surface area contributed by atoms with E-state index in [1.54, 1.807) is 0 Å². The molecule has 2 heteroatoms. The minimum atomic E-state index is -0.305. The second-order valence-corrected chi connectivity index (χ2v) is 6.88. The Morgan fingerprint density at radius 2 is 1.62 bits per heavy atom. The van der Waals surface area contributed by atoms with Crippen LogP contribution in [0.5, 0.6) is 0 Å². The van der Waals surface area contributed by atoms with E-state index >= 15 is 0 Å². The van der Waals surface area contributed by atoms with Crippen LogP contribution in [0, 0.1) is 0 Å². The van der Waals surface area contributed by atoms with Gasteiger partial charge in [0.05, 0.1) is 5.57 Å². The van der Waals surface area contributed by atoms with Gasteiger partial charge in [-0.05, 0) is 46.0 Å². The van der Waals surface area contributed by atoms with Crippen LogP contribution in [-0.4, -0.2) is 5.97 Å². The Morgan fingerprint density at radius 1 is 0.885 bits per heavy atom. The molecule has 0 saturated carbocycles. The predicted octanol–water partition coefficient (Wildman–Crippen LogP) is 5.94. The number of benzene rings is 3. The zero-order chi connectivity index (χ0) is 18.1. The van der Waals surface area contributed by atoms with E-state index in [0.29, 0.717) is 17.3 Å². The van der Waals surface area contributed by atoms with Crippen molar-refractivity contribution in [2.24, 2.45) is 0 Å². The molecule has 0 N–H and O–H groups in total. The number of hydrogen-bond donors (Lipinski definition) is 0. The monoisotopic (exact) mass is 340 g/mol.